The van der Waals surface area contributed by atoms with Crippen molar-refractivity contribution < 1.29 is 23.1 Å². The fourth-order valence-electron chi connectivity index (χ4n) is 3.44. The molecule has 2 N–H and O–H groups in total. The number of hydrogen-bond donors (Lipinski definition) is 2. The third kappa shape index (κ3) is 3.39. The Labute approximate surface area is 166 Å². The molecule has 6 nitrogen and oxygen atoms in total. The van der Waals surface area contributed by atoms with Crippen molar-refractivity contribution in [1.82, 2.24) is 0 Å². The molecule has 0 saturated carbocycles. The van der Waals surface area contributed by atoms with Crippen LogP contribution in [0.25, 0.3) is 10.8 Å². The van der Waals surface area contributed by atoms with Gasteiger partial charge in [0, 0.05) is 5.39 Å². The number of halogens is 1. The van der Waals surface area contributed by atoms with Gasteiger partial charge in [-0.15, -0.1) is 0 Å². The van der Waals surface area contributed by atoms with Gasteiger partial charge in [0.2, 0.25) is 0 Å². The van der Waals surface area contributed by atoms with Crippen molar-refractivity contribution in [3.8, 4) is 5.75 Å². The van der Waals surface area contributed by atoms with Gasteiger partial charge in [-0.05, 0) is 53.6 Å². The maximum absolute atomic E-state index is 12.9. The van der Waals surface area contributed by atoms with Crippen molar-refractivity contribution in [1.29, 1.82) is 0 Å². The molecule has 0 spiro atoms. The lowest BCUT2D eigenvalue weighted by Crippen LogP contribution is -2.14. The van der Waals surface area contributed by atoms with E-state index in [0.29, 0.717) is 5.69 Å². The Morgan fingerprint density at radius 3 is 2.57 bits per heavy atom. The highest BCUT2D eigenvalue weighted by molar-refractivity contribution is 7.92. The number of hydrogen-bond acceptors (Lipinski definition) is 4. The van der Waals surface area contributed by atoms with Crippen molar-refractivity contribution in [2.45, 2.75) is 17.7 Å². The van der Waals surface area contributed by atoms with Crippen molar-refractivity contribution in [3.63, 3.8) is 0 Å². The predicted molar refractivity (Wildman–Crippen MR) is 107 cm³/mol. The number of aryl methyl sites for hydroxylation is 2. The van der Waals surface area contributed by atoms with Gasteiger partial charge in [-0.2, -0.15) is 0 Å². The van der Waals surface area contributed by atoms with Crippen molar-refractivity contribution >= 4 is 44.1 Å². The Balaban J connectivity index is 1.66. The summed E-state index contributed by atoms with van der Waals surface area (Å²) in [6.07, 6.45) is 1.91. The van der Waals surface area contributed by atoms with Crippen LogP contribution in [0.2, 0.25) is 5.02 Å². The first-order valence-corrected chi connectivity index (χ1v) is 10.4. The molecular formula is C20H16ClNO5S. The molecule has 28 heavy (non-hydrogen) atoms. The van der Waals surface area contributed by atoms with E-state index in [1.54, 1.807) is 6.07 Å². The zero-order chi connectivity index (χ0) is 19.9. The molecule has 0 bridgehead atoms. The van der Waals surface area contributed by atoms with Crippen molar-refractivity contribution in [2.24, 2.45) is 0 Å². The Morgan fingerprint density at radius 1 is 1.11 bits per heavy atom. The molecule has 4 rings (SSSR count). The van der Waals surface area contributed by atoms with Gasteiger partial charge in [-0.3, -0.25) is 4.72 Å². The summed E-state index contributed by atoms with van der Waals surface area (Å²) in [5.41, 5.74) is 2.94. The van der Waals surface area contributed by atoms with E-state index in [1.807, 2.05) is 18.2 Å². The molecule has 0 saturated heterocycles. The molecule has 3 aromatic rings. The lowest BCUT2D eigenvalue weighted by atomic mass is 10.0. The Kier molecular flexibility index (Phi) is 4.64. The predicted octanol–water partition coefficient (Wildman–Crippen LogP) is 3.86. The van der Waals surface area contributed by atoms with Gasteiger partial charge in [0.15, 0.2) is 6.61 Å². The third-order valence-electron chi connectivity index (χ3n) is 4.69. The van der Waals surface area contributed by atoms with Gasteiger partial charge in [-0.1, -0.05) is 35.9 Å². The van der Waals surface area contributed by atoms with Crippen LogP contribution in [0.4, 0.5) is 5.69 Å². The number of sulfonamides is 1. The van der Waals surface area contributed by atoms with Crippen LogP contribution in [-0.2, 0) is 27.7 Å². The van der Waals surface area contributed by atoms with E-state index in [0.717, 1.165) is 23.6 Å². The summed E-state index contributed by atoms with van der Waals surface area (Å²) in [6.45, 7) is -0.565. The van der Waals surface area contributed by atoms with Crippen LogP contribution in [0.3, 0.4) is 0 Å². The average molecular weight is 418 g/mol. The second-order valence-electron chi connectivity index (χ2n) is 6.49. The largest absolute Gasteiger partial charge is 0.480 e. The number of carboxylic acids is 1. The molecule has 0 amide bonds. The van der Waals surface area contributed by atoms with Gasteiger partial charge < -0.3 is 9.84 Å². The average Bonchev–Trinajstić information content (AvgIpc) is 3.07. The number of ether oxygens (including phenoxy) is 1. The van der Waals surface area contributed by atoms with E-state index in [2.05, 4.69) is 10.8 Å². The lowest BCUT2D eigenvalue weighted by Gasteiger charge is -2.13. The fourth-order valence-corrected chi connectivity index (χ4v) is 4.85. The molecule has 0 radical (unpaired) electrons. The molecule has 1 aliphatic carbocycles. The normalized spacial score (nSPS) is 12.9. The number of anilines is 1. The van der Waals surface area contributed by atoms with Gasteiger partial charge in [0.05, 0.1) is 15.6 Å². The number of nitrogens with one attached hydrogen (secondary N) is 1. The van der Waals surface area contributed by atoms with Crippen molar-refractivity contribution in [3.05, 3.63) is 64.7 Å². The molecule has 0 aromatic heterocycles. The maximum Gasteiger partial charge on any atom is 0.341 e. The molecular weight excluding hydrogens is 402 g/mol. The second kappa shape index (κ2) is 7.00. The monoisotopic (exact) mass is 417 g/mol. The minimum atomic E-state index is -3.89. The van der Waals surface area contributed by atoms with Crippen LogP contribution in [0, 0.1) is 0 Å². The van der Waals surface area contributed by atoms with Crippen molar-refractivity contribution in [2.75, 3.05) is 11.3 Å². The number of carboxylic acid groups (broad SMARTS) is 1. The Hall–Kier alpha value is -2.77. The molecule has 0 fully saturated rings. The zero-order valence-electron chi connectivity index (χ0n) is 14.6. The maximum atomic E-state index is 12.9. The van der Waals surface area contributed by atoms with Crippen LogP contribution in [0.5, 0.6) is 5.75 Å². The van der Waals surface area contributed by atoms with E-state index >= 15 is 0 Å². The summed E-state index contributed by atoms with van der Waals surface area (Å²) in [5, 5.41) is 10.7. The molecule has 0 atom stereocenters. The van der Waals surface area contributed by atoms with E-state index < -0.39 is 22.6 Å². The highest BCUT2D eigenvalue weighted by atomic mass is 35.5. The van der Waals surface area contributed by atoms with Crippen LogP contribution in [0.15, 0.2) is 53.4 Å². The molecule has 0 unspecified atom stereocenters. The highest BCUT2D eigenvalue weighted by Crippen LogP contribution is 2.36. The standard InChI is InChI=1S/C20H16ClNO5S/c21-16-10-14(7-9-18(16)27-11-19(23)24)28(25,26)22-17-8-6-13-5-4-12-2-1-3-15(17)20(12)13/h1-3,6-10,22H,4-5,11H2,(H,23,24). The summed E-state index contributed by atoms with van der Waals surface area (Å²) in [5.74, 6) is -1.05. The number of carbonyl (C=O) groups is 1. The Bertz CT molecular complexity index is 1200. The second-order valence-corrected chi connectivity index (χ2v) is 8.58. The van der Waals surface area contributed by atoms with Crippen LogP contribution >= 0.6 is 11.6 Å². The third-order valence-corrected chi connectivity index (χ3v) is 6.34. The molecule has 8 heteroatoms. The minimum Gasteiger partial charge on any atom is -0.480 e. The fraction of sp³-hybridized carbons (Fsp3) is 0.150. The minimum absolute atomic E-state index is 0.0181. The first-order valence-electron chi connectivity index (χ1n) is 8.55. The van der Waals surface area contributed by atoms with Crippen LogP contribution in [-0.4, -0.2) is 26.1 Å². The SMILES string of the molecule is O=C(O)COc1ccc(S(=O)(=O)Nc2ccc3c4c(cccc24)CC3)cc1Cl. The lowest BCUT2D eigenvalue weighted by molar-refractivity contribution is -0.139. The zero-order valence-corrected chi connectivity index (χ0v) is 16.2. The molecule has 144 valence electrons. The summed E-state index contributed by atoms with van der Waals surface area (Å²) in [4.78, 5) is 10.6. The van der Waals surface area contributed by atoms with E-state index in [-0.39, 0.29) is 15.7 Å². The highest BCUT2D eigenvalue weighted by Gasteiger charge is 2.21. The molecule has 0 aliphatic heterocycles. The summed E-state index contributed by atoms with van der Waals surface area (Å²) in [6, 6.07) is 13.5. The summed E-state index contributed by atoms with van der Waals surface area (Å²) >= 11 is 6.06. The smallest absolute Gasteiger partial charge is 0.341 e. The number of aliphatic carboxylic acids is 1. The van der Waals surface area contributed by atoms with E-state index in [9.17, 15) is 13.2 Å². The van der Waals surface area contributed by atoms with E-state index in [1.165, 1.54) is 29.3 Å². The van der Waals surface area contributed by atoms with Gasteiger partial charge in [-0.25, -0.2) is 13.2 Å². The summed E-state index contributed by atoms with van der Waals surface area (Å²) in [7, 11) is -3.89. The quantitative estimate of drug-likeness (QED) is 0.635. The Morgan fingerprint density at radius 2 is 1.86 bits per heavy atom. The number of rotatable bonds is 6. The van der Waals surface area contributed by atoms with E-state index in [4.69, 9.17) is 21.4 Å². The molecule has 0 heterocycles. The molecule has 3 aromatic carbocycles. The molecule has 1 aliphatic rings. The van der Waals surface area contributed by atoms with Gasteiger partial charge >= 0.3 is 5.97 Å². The first-order chi connectivity index (χ1) is 13.3. The van der Waals surface area contributed by atoms with Crippen LogP contribution < -0.4 is 9.46 Å². The topological polar surface area (TPSA) is 92.7 Å². The first kappa shape index (κ1) is 18.6. The van der Waals surface area contributed by atoms with Crippen LogP contribution in [0.1, 0.15) is 11.1 Å². The number of benzene rings is 3. The van der Waals surface area contributed by atoms with Gasteiger partial charge in [0.25, 0.3) is 10.0 Å². The van der Waals surface area contributed by atoms with Gasteiger partial charge in [0.1, 0.15) is 5.75 Å². The summed E-state index contributed by atoms with van der Waals surface area (Å²) < 4.78 is 33.4.